The fourth-order valence-electron chi connectivity index (χ4n) is 1.97. The number of anilines is 1. The largest absolute Gasteiger partial charge is 0.351 e. The second kappa shape index (κ2) is 8.22. The molecule has 2 N–H and O–H groups in total. The van der Waals surface area contributed by atoms with Crippen molar-refractivity contribution in [2.75, 3.05) is 11.9 Å². The zero-order valence-corrected chi connectivity index (χ0v) is 13.5. The van der Waals surface area contributed by atoms with Crippen molar-refractivity contribution in [2.24, 2.45) is 0 Å². The minimum atomic E-state index is -0.978. The molecule has 0 saturated carbocycles. The van der Waals surface area contributed by atoms with Crippen LogP contribution in [0.1, 0.15) is 22.3 Å². The molecule has 0 atom stereocenters. The van der Waals surface area contributed by atoms with Gasteiger partial charge in [0.25, 0.3) is 5.91 Å². The van der Waals surface area contributed by atoms with Gasteiger partial charge in [-0.2, -0.15) is 5.26 Å². The molecule has 2 amide bonds. The van der Waals surface area contributed by atoms with Crippen LogP contribution in [0.25, 0.3) is 0 Å². The van der Waals surface area contributed by atoms with Crippen LogP contribution in [0.4, 0.5) is 14.5 Å². The van der Waals surface area contributed by atoms with Crippen molar-refractivity contribution < 1.29 is 18.4 Å². The molecule has 5 nitrogen and oxygen atoms in total. The van der Waals surface area contributed by atoms with Crippen LogP contribution in [0, 0.1) is 23.0 Å². The zero-order chi connectivity index (χ0) is 18.4. The van der Waals surface area contributed by atoms with Crippen molar-refractivity contribution in [2.45, 2.75) is 6.42 Å². The van der Waals surface area contributed by atoms with Gasteiger partial charge in [-0.3, -0.25) is 9.59 Å². The Hall–Kier alpha value is -2.98. The summed E-state index contributed by atoms with van der Waals surface area (Å²) in [6.45, 7) is -0.0362. The maximum Gasteiger partial charge on any atom is 0.254 e. The molecule has 2 rings (SSSR count). The Kier molecular flexibility index (Phi) is 6.03. The fourth-order valence-corrected chi connectivity index (χ4v) is 2.19. The molecule has 2 aromatic rings. The zero-order valence-electron chi connectivity index (χ0n) is 12.8. The smallest absolute Gasteiger partial charge is 0.254 e. The highest BCUT2D eigenvalue weighted by molar-refractivity contribution is 6.32. The average Bonchev–Trinajstić information content (AvgIpc) is 2.54. The van der Waals surface area contributed by atoms with Gasteiger partial charge < -0.3 is 10.6 Å². The first-order valence-electron chi connectivity index (χ1n) is 7.13. The molecule has 0 radical (unpaired) electrons. The Morgan fingerprint density at radius 2 is 1.92 bits per heavy atom. The topological polar surface area (TPSA) is 82.0 Å². The molecule has 0 aliphatic rings. The normalized spacial score (nSPS) is 10.0. The lowest BCUT2D eigenvalue weighted by Crippen LogP contribution is -2.28. The van der Waals surface area contributed by atoms with Crippen LogP contribution in [0.15, 0.2) is 36.4 Å². The summed E-state index contributed by atoms with van der Waals surface area (Å²) in [6.07, 6.45) is -0.0633. The van der Waals surface area contributed by atoms with Gasteiger partial charge in [-0.25, -0.2) is 8.78 Å². The van der Waals surface area contributed by atoms with Crippen LogP contribution in [0.5, 0.6) is 0 Å². The number of carbonyl (C=O) groups excluding carboxylic acids is 2. The maximum atomic E-state index is 13.5. The number of nitrogens with zero attached hydrogens (tertiary/aromatic N) is 1. The number of hydrogen-bond donors (Lipinski definition) is 2. The summed E-state index contributed by atoms with van der Waals surface area (Å²) in [5, 5.41) is 13.9. The van der Waals surface area contributed by atoms with E-state index in [0.29, 0.717) is 11.8 Å². The van der Waals surface area contributed by atoms with Crippen molar-refractivity contribution in [3.8, 4) is 6.07 Å². The predicted molar refractivity (Wildman–Crippen MR) is 88.1 cm³/mol. The average molecular weight is 364 g/mol. The van der Waals surface area contributed by atoms with E-state index in [0.717, 1.165) is 12.1 Å². The van der Waals surface area contributed by atoms with Crippen LogP contribution in [0.2, 0.25) is 5.02 Å². The number of benzene rings is 2. The number of carbonyl (C=O) groups is 2. The van der Waals surface area contributed by atoms with Gasteiger partial charge in [-0.15, -0.1) is 0 Å². The van der Waals surface area contributed by atoms with Crippen molar-refractivity contribution >= 4 is 29.1 Å². The number of halogens is 3. The Bertz CT molecular complexity index is 865. The second-order valence-corrected chi connectivity index (χ2v) is 5.39. The van der Waals surface area contributed by atoms with Crippen LogP contribution in [-0.4, -0.2) is 18.4 Å². The van der Waals surface area contributed by atoms with E-state index >= 15 is 0 Å². The van der Waals surface area contributed by atoms with Gasteiger partial charge in [0, 0.05) is 24.7 Å². The van der Waals surface area contributed by atoms with Gasteiger partial charge >= 0.3 is 0 Å². The molecule has 128 valence electrons. The molecule has 0 heterocycles. The van der Waals surface area contributed by atoms with Crippen molar-refractivity contribution in [3.63, 3.8) is 0 Å². The Balaban J connectivity index is 1.85. The van der Waals surface area contributed by atoms with Gasteiger partial charge in [-0.05, 0) is 30.3 Å². The number of nitriles is 1. The minimum absolute atomic E-state index is 0.0362. The van der Waals surface area contributed by atoms with Crippen LogP contribution >= 0.6 is 11.6 Å². The molecule has 25 heavy (non-hydrogen) atoms. The lowest BCUT2D eigenvalue weighted by molar-refractivity contribution is -0.116. The van der Waals surface area contributed by atoms with Crippen molar-refractivity contribution in [3.05, 3.63) is 64.2 Å². The predicted octanol–water partition coefficient (Wildman–Crippen LogP) is 3.25. The lowest BCUT2D eigenvalue weighted by Gasteiger charge is -2.08. The van der Waals surface area contributed by atoms with E-state index in [4.69, 9.17) is 16.9 Å². The standard InChI is InChI=1S/C17H12ClF2N3O2/c18-14-8-12(3-1-10(14)9-21)23-16(24)5-6-22-17(25)13-4-2-11(19)7-15(13)20/h1-4,7-8H,5-6H2,(H,22,25)(H,23,24). The molecular formula is C17H12ClF2N3O2. The Labute approximate surface area is 147 Å². The third kappa shape index (κ3) is 4.99. The molecular weight excluding hydrogens is 352 g/mol. The first-order chi connectivity index (χ1) is 11.9. The molecule has 0 aliphatic carbocycles. The summed E-state index contributed by atoms with van der Waals surface area (Å²) in [6, 6.07) is 8.93. The first-order valence-corrected chi connectivity index (χ1v) is 7.51. The summed E-state index contributed by atoms with van der Waals surface area (Å²) < 4.78 is 26.3. The summed E-state index contributed by atoms with van der Waals surface area (Å²) in [5.74, 6) is -2.91. The molecule has 0 spiro atoms. The van der Waals surface area contributed by atoms with Gasteiger partial charge in [0.1, 0.15) is 17.7 Å². The molecule has 0 bridgehead atoms. The third-order valence-electron chi connectivity index (χ3n) is 3.19. The van der Waals surface area contributed by atoms with E-state index in [-0.39, 0.29) is 29.1 Å². The number of rotatable bonds is 5. The highest BCUT2D eigenvalue weighted by atomic mass is 35.5. The summed E-state index contributed by atoms with van der Waals surface area (Å²) in [5.41, 5.74) is 0.388. The molecule has 2 aromatic carbocycles. The summed E-state index contributed by atoms with van der Waals surface area (Å²) >= 11 is 5.86. The molecule has 0 aliphatic heterocycles. The fraction of sp³-hybridized carbons (Fsp3) is 0.118. The highest BCUT2D eigenvalue weighted by Crippen LogP contribution is 2.20. The number of hydrogen-bond acceptors (Lipinski definition) is 3. The monoisotopic (exact) mass is 363 g/mol. The quantitative estimate of drug-likeness (QED) is 0.855. The van der Waals surface area contributed by atoms with E-state index in [2.05, 4.69) is 10.6 Å². The Morgan fingerprint density at radius 1 is 1.16 bits per heavy atom. The molecule has 0 saturated heterocycles. The van der Waals surface area contributed by atoms with E-state index in [1.807, 2.05) is 6.07 Å². The maximum absolute atomic E-state index is 13.5. The van der Waals surface area contributed by atoms with Gasteiger partial charge in [-0.1, -0.05) is 11.6 Å². The minimum Gasteiger partial charge on any atom is -0.351 e. The van der Waals surface area contributed by atoms with Gasteiger partial charge in [0.15, 0.2) is 0 Å². The SMILES string of the molecule is N#Cc1ccc(NC(=O)CCNC(=O)c2ccc(F)cc2F)cc1Cl. The van der Waals surface area contributed by atoms with Crippen molar-refractivity contribution in [1.29, 1.82) is 5.26 Å². The van der Waals surface area contributed by atoms with Crippen LogP contribution in [-0.2, 0) is 4.79 Å². The highest BCUT2D eigenvalue weighted by Gasteiger charge is 2.12. The van der Waals surface area contributed by atoms with E-state index < -0.39 is 23.4 Å². The number of amides is 2. The third-order valence-corrected chi connectivity index (χ3v) is 3.50. The molecule has 0 unspecified atom stereocenters. The summed E-state index contributed by atoms with van der Waals surface area (Å²) in [7, 11) is 0. The van der Waals surface area contributed by atoms with Gasteiger partial charge in [0.2, 0.25) is 5.91 Å². The molecule has 0 fully saturated rings. The lowest BCUT2D eigenvalue weighted by atomic mass is 10.2. The van der Waals surface area contributed by atoms with Crippen LogP contribution in [0.3, 0.4) is 0 Å². The second-order valence-electron chi connectivity index (χ2n) is 4.98. The van der Waals surface area contributed by atoms with Crippen LogP contribution < -0.4 is 10.6 Å². The number of nitrogens with one attached hydrogen (secondary N) is 2. The summed E-state index contributed by atoms with van der Waals surface area (Å²) in [4.78, 5) is 23.6. The van der Waals surface area contributed by atoms with E-state index in [1.165, 1.54) is 18.2 Å². The molecule has 8 heteroatoms. The Morgan fingerprint density at radius 3 is 2.56 bits per heavy atom. The molecule has 0 aromatic heterocycles. The first kappa shape index (κ1) is 18.4. The van der Waals surface area contributed by atoms with Gasteiger partial charge in [0.05, 0.1) is 16.1 Å². The van der Waals surface area contributed by atoms with Crippen molar-refractivity contribution in [1.82, 2.24) is 5.32 Å². The van der Waals surface area contributed by atoms with E-state index in [1.54, 1.807) is 0 Å². The van der Waals surface area contributed by atoms with E-state index in [9.17, 15) is 18.4 Å².